The molecule has 1 rings (SSSR count). The van der Waals surface area contributed by atoms with Crippen LogP contribution in [-0.2, 0) is 6.54 Å². The van der Waals surface area contributed by atoms with Gasteiger partial charge >= 0.3 is 0 Å². The summed E-state index contributed by atoms with van der Waals surface area (Å²) in [5.74, 6) is 0.916. The summed E-state index contributed by atoms with van der Waals surface area (Å²) >= 11 is 0. The van der Waals surface area contributed by atoms with E-state index in [2.05, 4.69) is 56.1 Å². The Morgan fingerprint density at radius 2 is 2.00 bits per heavy atom. The molecule has 1 aromatic rings. The van der Waals surface area contributed by atoms with E-state index in [1.807, 2.05) is 18.5 Å². The predicted octanol–water partition coefficient (Wildman–Crippen LogP) is 3.70. The van der Waals surface area contributed by atoms with Crippen LogP contribution < -0.4 is 5.32 Å². The van der Waals surface area contributed by atoms with Crippen LogP contribution in [0.15, 0.2) is 25.0 Å². The average Bonchev–Trinajstić information content (AvgIpc) is 2.48. The standard InChI is InChI=1S/C14H25N3/c1-7-9-17-10-8-15-12(17)16-14(5,6)11-13(2,3)4/h7-8,10H,1,9,11H2,2-6H3,(H,15,16). The zero-order chi connectivity index (χ0) is 13.1. The highest BCUT2D eigenvalue weighted by Crippen LogP contribution is 2.29. The number of allylic oxidation sites excluding steroid dienone is 1. The Hall–Kier alpha value is -1.25. The molecule has 1 heterocycles. The maximum atomic E-state index is 4.35. The Labute approximate surface area is 105 Å². The van der Waals surface area contributed by atoms with Crippen LogP contribution in [0.1, 0.15) is 41.0 Å². The minimum Gasteiger partial charge on any atom is -0.351 e. The van der Waals surface area contributed by atoms with Gasteiger partial charge in [-0.15, -0.1) is 6.58 Å². The molecule has 0 aliphatic rings. The molecule has 3 heteroatoms. The second-order valence-corrected chi connectivity index (χ2v) is 6.44. The van der Waals surface area contributed by atoms with Gasteiger partial charge in [-0.3, -0.25) is 0 Å². The average molecular weight is 235 g/mol. The van der Waals surface area contributed by atoms with Crippen molar-refractivity contribution in [1.29, 1.82) is 0 Å². The first kappa shape index (κ1) is 13.8. The van der Waals surface area contributed by atoms with Crippen molar-refractivity contribution in [2.45, 2.75) is 53.1 Å². The van der Waals surface area contributed by atoms with Gasteiger partial charge in [-0.25, -0.2) is 4.98 Å². The van der Waals surface area contributed by atoms with Gasteiger partial charge < -0.3 is 9.88 Å². The molecule has 0 bridgehead atoms. The van der Waals surface area contributed by atoms with Crippen LogP contribution in [-0.4, -0.2) is 15.1 Å². The molecule has 0 saturated carbocycles. The lowest BCUT2D eigenvalue weighted by molar-refractivity contribution is 0.301. The number of nitrogens with zero attached hydrogens (tertiary/aromatic N) is 2. The molecule has 0 spiro atoms. The number of hydrogen-bond donors (Lipinski definition) is 1. The second kappa shape index (κ2) is 4.94. The van der Waals surface area contributed by atoms with Gasteiger partial charge in [0.1, 0.15) is 0 Å². The van der Waals surface area contributed by atoms with E-state index in [-0.39, 0.29) is 5.54 Å². The molecule has 0 atom stereocenters. The minimum atomic E-state index is 0.0303. The lowest BCUT2D eigenvalue weighted by Crippen LogP contribution is -2.36. The molecule has 17 heavy (non-hydrogen) atoms. The lowest BCUT2D eigenvalue weighted by Gasteiger charge is -2.33. The number of aromatic nitrogens is 2. The number of anilines is 1. The zero-order valence-electron chi connectivity index (χ0n) is 11.7. The first-order valence-electron chi connectivity index (χ1n) is 6.14. The first-order valence-corrected chi connectivity index (χ1v) is 6.14. The molecule has 3 nitrogen and oxygen atoms in total. The van der Waals surface area contributed by atoms with Crippen LogP contribution in [0.2, 0.25) is 0 Å². The second-order valence-electron chi connectivity index (χ2n) is 6.44. The molecule has 0 aliphatic heterocycles. The topological polar surface area (TPSA) is 29.9 Å². The zero-order valence-corrected chi connectivity index (χ0v) is 11.7. The minimum absolute atomic E-state index is 0.0303. The Kier molecular flexibility index (Phi) is 4.02. The largest absolute Gasteiger partial charge is 0.351 e. The van der Waals surface area contributed by atoms with Crippen LogP contribution in [0.25, 0.3) is 0 Å². The summed E-state index contributed by atoms with van der Waals surface area (Å²) in [6, 6.07) is 0. The molecule has 0 unspecified atom stereocenters. The highest BCUT2D eigenvalue weighted by molar-refractivity contribution is 5.30. The van der Waals surface area contributed by atoms with Gasteiger partial charge in [-0.1, -0.05) is 26.8 Å². The molecule has 0 aliphatic carbocycles. The molecule has 0 saturated heterocycles. The normalized spacial score (nSPS) is 12.5. The highest BCUT2D eigenvalue weighted by atomic mass is 15.2. The monoisotopic (exact) mass is 235 g/mol. The Bertz CT molecular complexity index is 369. The Morgan fingerprint density at radius 1 is 1.35 bits per heavy atom. The molecular weight excluding hydrogens is 210 g/mol. The molecule has 0 aromatic carbocycles. The van der Waals surface area contributed by atoms with Crippen molar-refractivity contribution in [2.24, 2.45) is 5.41 Å². The first-order chi connectivity index (χ1) is 7.73. The smallest absolute Gasteiger partial charge is 0.203 e. The van der Waals surface area contributed by atoms with E-state index < -0.39 is 0 Å². The van der Waals surface area contributed by atoms with Crippen molar-refractivity contribution >= 4 is 5.95 Å². The summed E-state index contributed by atoms with van der Waals surface area (Å²) in [4.78, 5) is 4.35. The van der Waals surface area contributed by atoms with E-state index in [1.165, 1.54) is 0 Å². The van der Waals surface area contributed by atoms with E-state index in [9.17, 15) is 0 Å². The molecular formula is C14H25N3. The summed E-state index contributed by atoms with van der Waals surface area (Å²) in [6.07, 6.45) is 6.75. The molecule has 0 radical (unpaired) electrons. The van der Waals surface area contributed by atoms with E-state index >= 15 is 0 Å². The Balaban J connectivity index is 2.75. The maximum absolute atomic E-state index is 4.35. The van der Waals surface area contributed by atoms with Crippen LogP contribution in [0.3, 0.4) is 0 Å². The van der Waals surface area contributed by atoms with E-state index in [1.54, 1.807) is 0 Å². The molecule has 0 fully saturated rings. The van der Waals surface area contributed by atoms with Gasteiger partial charge in [0.05, 0.1) is 0 Å². The van der Waals surface area contributed by atoms with E-state index in [0.717, 1.165) is 18.9 Å². The van der Waals surface area contributed by atoms with Gasteiger partial charge in [-0.05, 0) is 25.7 Å². The fourth-order valence-corrected chi connectivity index (χ4v) is 2.39. The third-order valence-corrected chi connectivity index (χ3v) is 2.46. The van der Waals surface area contributed by atoms with Gasteiger partial charge in [-0.2, -0.15) is 0 Å². The van der Waals surface area contributed by atoms with Crippen molar-refractivity contribution in [2.75, 3.05) is 5.32 Å². The molecule has 1 N–H and O–H groups in total. The fraction of sp³-hybridized carbons (Fsp3) is 0.643. The predicted molar refractivity (Wildman–Crippen MR) is 74.2 cm³/mol. The third kappa shape index (κ3) is 4.63. The van der Waals surface area contributed by atoms with Gasteiger partial charge in [0.2, 0.25) is 5.95 Å². The fourth-order valence-electron chi connectivity index (χ4n) is 2.39. The van der Waals surface area contributed by atoms with Crippen LogP contribution >= 0.6 is 0 Å². The quantitative estimate of drug-likeness (QED) is 0.789. The van der Waals surface area contributed by atoms with Crippen molar-refractivity contribution in [3.8, 4) is 0 Å². The van der Waals surface area contributed by atoms with Crippen LogP contribution in [0, 0.1) is 5.41 Å². The van der Waals surface area contributed by atoms with E-state index in [4.69, 9.17) is 0 Å². The van der Waals surface area contributed by atoms with Gasteiger partial charge in [0.15, 0.2) is 0 Å². The van der Waals surface area contributed by atoms with Gasteiger partial charge in [0, 0.05) is 24.5 Å². The van der Waals surface area contributed by atoms with Gasteiger partial charge in [0.25, 0.3) is 0 Å². The summed E-state index contributed by atoms with van der Waals surface area (Å²) < 4.78 is 2.07. The molecule has 96 valence electrons. The highest BCUT2D eigenvalue weighted by Gasteiger charge is 2.26. The Morgan fingerprint density at radius 3 is 2.53 bits per heavy atom. The summed E-state index contributed by atoms with van der Waals surface area (Å²) in [5.41, 5.74) is 0.328. The maximum Gasteiger partial charge on any atom is 0.203 e. The molecule has 1 aromatic heterocycles. The third-order valence-electron chi connectivity index (χ3n) is 2.46. The van der Waals surface area contributed by atoms with Crippen molar-refractivity contribution in [3.63, 3.8) is 0 Å². The van der Waals surface area contributed by atoms with E-state index in [0.29, 0.717) is 5.41 Å². The number of imidazole rings is 1. The summed E-state index contributed by atoms with van der Waals surface area (Å²) in [7, 11) is 0. The number of rotatable bonds is 5. The number of nitrogens with one attached hydrogen (secondary N) is 1. The van der Waals surface area contributed by atoms with Crippen LogP contribution in [0.5, 0.6) is 0 Å². The SMILES string of the molecule is C=CCn1ccnc1NC(C)(C)CC(C)(C)C. The summed E-state index contributed by atoms with van der Waals surface area (Å²) in [5, 5.41) is 3.51. The summed E-state index contributed by atoms with van der Waals surface area (Å²) in [6.45, 7) is 15.7. The lowest BCUT2D eigenvalue weighted by atomic mass is 9.82. The van der Waals surface area contributed by atoms with Crippen LogP contribution in [0.4, 0.5) is 5.95 Å². The van der Waals surface area contributed by atoms with Crippen molar-refractivity contribution in [3.05, 3.63) is 25.0 Å². The van der Waals surface area contributed by atoms with Crippen molar-refractivity contribution in [1.82, 2.24) is 9.55 Å². The number of hydrogen-bond acceptors (Lipinski definition) is 2. The van der Waals surface area contributed by atoms with Crippen molar-refractivity contribution < 1.29 is 0 Å². The molecule has 0 amide bonds.